The smallest absolute Gasteiger partial charge is 0.410 e. The molecule has 29 heavy (non-hydrogen) atoms. The fourth-order valence-corrected chi connectivity index (χ4v) is 3.94. The maximum Gasteiger partial charge on any atom is 0.410 e. The van der Waals surface area contributed by atoms with Crippen LogP contribution in [0.15, 0.2) is 40.9 Å². The van der Waals surface area contributed by atoms with Crippen molar-refractivity contribution in [2.45, 2.75) is 45.3 Å². The van der Waals surface area contributed by atoms with Gasteiger partial charge in [-0.15, -0.1) is 0 Å². The lowest BCUT2D eigenvalue weighted by Crippen LogP contribution is -2.44. The van der Waals surface area contributed by atoms with Gasteiger partial charge in [0.2, 0.25) is 0 Å². The number of hydrogen-bond donors (Lipinski definition) is 0. The van der Waals surface area contributed by atoms with Crippen molar-refractivity contribution in [2.75, 3.05) is 20.8 Å². The molecule has 0 spiro atoms. The van der Waals surface area contributed by atoms with Crippen molar-refractivity contribution < 1.29 is 19.0 Å². The van der Waals surface area contributed by atoms with Crippen LogP contribution in [0.2, 0.25) is 0 Å². The first-order chi connectivity index (χ1) is 13.7. The molecule has 0 radical (unpaired) electrons. The van der Waals surface area contributed by atoms with E-state index in [1.54, 1.807) is 14.2 Å². The second-order valence-corrected chi connectivity index (χ2v) is 9.09. The Morgan fingerprint density at radius 2 is 1.83 bits per heavy atom. The molecule has 0 aromatic heterocycles. The minimum absolute atomic E-state index is 0.185. The highest BCUT2D eigenvalue weighted by Gasteiger charge is 2.36. The largest absolute Gasteiger partial charge is 0.497 e. The molecule has 1 atom stereocenters. The fourth-order valence-electron chi connectivity index (χ4n) is 3.68. The monoisotopic (exact) mass is 461 g/mol. The number of nitrogens with zero attached hydrogens (tertiary/aromatic N) is 1. The van der Waals surface area contributed by atoms with Crippen molar-refractivity contribution in [3.63, 3.8) is 0 Å². The van der Waals surface area contributed by atoms with Gasteiger partial charge in [0.15, 0.2) is 0 Å². The Kier molecular flexibility index (Phi) is 6.42. The van der Waals surface area contributed by atoms with Gasteiger partial charge in [0, 0.05) is 22.6 Å². The Morgan fingerprint density at radius 1 is 1.14 bits per heavy atom. The van der Waals surface area contributed by atoms with Crippen LogP contribution in [0.5, 0.6) is 11.5 Å². The maximum absolute atomic E-state index is 13.0. The van der Waals surface area contributed by atoms with Gasteiger partial charge in [-0.25, -0.2) is 4.79 Å². The summed E-state index contributed by atoms with van der Waals surface area (Å²) < 4.78 is 17.9. The first-order valence-electron chi connectivity index (χ1n) is 9.70. The van der Waals surface area contributed by atoms with Gasteiger partial charge in [0.1, 0.15) is 17.1 Å². The summed E-state index contributed by atoms with van der Waals surface area (Å²) in [6.07, 6.45) is 1.09. The number of carbonyl (C=O) groups is 1. The van der Waals surface area contributed by atoms with Gasteiger partial charge < -0.3 is 19.1 Å². The lowest BCUT2D eigenvalue weighted by Gasteiger charge is -2.39. The fraction of sp³-hybridized carbons (Fsp3) is 0.435. The van der Waals surface area contributed by atoms with Crippen LogP contribution in [-0.2, 0) is 17.6 Å². The van der Waals surface area contributed by atoms with E-state index in [1.165, 1.54) is 0 Å². The normalized spacial score (nSPS) is 16.2. The molecule has 0 aliphatic carbocycles. The number of methoxy groups -OCH3 is 2. The van der Waals surface area contributed by atoms with Crippen LogP contribution in [0.4, 0.5) is 4.79 Å². The summed E-state index contributed by atoms with van der Waals surface area (Å²) in [6, 6.07) is 11.9. The van der Waals surface area contributed by atoms with E-state index in [9.17, 15) is 4.79 Å². The first-order valence-corrected chi connectivity index (χ1v) is 10.5. The minimum atomic E-state index is -0.552. The number of amides is 1. The van der Waals surface area contributed by atoms with Crippen LogP contribution in [-0.4, -0.2) is 37.4 Å². The molecule has 2 aromatic rings. The summed E-state index contributed by atoms with van der Waals surface area (Å²) in [6.45, 7) is 6.24. The van der Waals surface area contributed by atoms with Gasteiger partial charge in [-0.1, -0.05) is 28.1 Å². The lowest BCUT2D eigenvalue weighted by molar-refractivity contribution is 0.0139. The third-order valence-corrected chi connectivity index (χ3v) is 5.49. The number of carbonyl (C=O) groups excluding carboxylic acids is 1. The van der Waals surface area contributed by atoms with Crippen molar-refractivity contribution in [1.29, 1.82) is 0 Å². The number of rotatable bonds is 4. The van der Waals surface area contributed by atoms with E-state index in [0.717, 1.165) is 39.1 Å². The van der Waals surface area contributed by atoms with Crippen LogP contribution in [0.3, 0.4) is 0 Å². The second kappa shape index (κ2) is 8.66. The molecule has 6 heteroatoms. The number of halogens is 1. The molecule has 1 unspecified atom stereocenters. The van der Waals surface area contributed by atoms with E-state index in [-0.39, 0.29) is 12.1 Å². The molecule has 0 fully saturated rings. The summed E-state index contributed by atoms with van der Waals surface area (Å²) in [5.74, 6) is 1.49. The van der Waals surface area contributed by atoms with Crippen LogP contribution >= 0.6 is 15.9 Å². The standard InChI is InChI=1S/C23H28BrNO4/c1-23(2,3)29-22(26)25-11-10-16-13-18(27-4)14-20(28-5)21(16)19(25)12-15-6-8-17(24)9-7-15/h6-9,13-14,19H,10-12H2,1-5H3. The van der Waals surface area contributed by atoms with Gasteiger partial charge in [0.25, 0.3) is 0 Å². The molecule has 1 heterocycles. The van der Waals surface area contributed by atoms with Crippen LogP contribution in [0.25, 0.3) is 0 Å². The highest BCUT2D eigenvalue weighted by atomic mass is 79.9. The first kappa shape index (κ1) is 21.5. The summed E-state index contributed by atoms with van der Waals surface area (Å²) in [4.78, 5) is 14.9. The molecule has 0 bridgehead atoms. The van der Waals surface area contributed by atoms with Crippen molar-refractivity contribution in [1.82, 2.24) is 4.90 Å². The van der Waals surface area contributed by atoms with Gasteiger partial charge in [-0.3, -0.25) is 0 Å². The number of ether oxygens (including phenoxy) is 3. The van der Waals surface area contributed by atoms with Crippen LogP contribution in [0.1, 0.15) is 43.5 Å². The van der Waals surface area contributed by atoms with Gasteiger partial charge >= 0.3 is 6.09 Å². The van der Waals surface area contributed by atoms with Crippen LogP contribution < -0.4 is 9.47 Å². The van der Waals surface area contributed by atoms with E-state index in [2.05, 4.69) is 28.1 Å². The highest BCUT2D eigenvalue weighted by Crippen LogP contribution is 2.41. The zero-order valence-corrected chi connectivity index (χ0v) is 19.2. The average molecular weight is 462 g/mol. The third kappa shape index (κ3) is 5.04. The lowest BCUT2D eigenvalue weighted by atomic mass is 9.88. The van der Waals surface area contributed by atoms with E-state index < -0.39 is 5.60 Å². The predicted molar refractivity (Wildman–Crippen MR) is 117 cm³/mol. The second-order valence-electron chi connectivity index (χ2n) is 8.17. The number of benzene rings is 2. The summed E-state index contributed by atoms with van der Waals surface area (Å²) in [5.41, 5.74) is 2.75. The molecular formula is C23H28BrNO4. The number of hydrogen-bond acceptors (Lipinski definition) is 4. The Hall–Kier alpha value is -2.21. The van der Waals surface area contributed by atoms with Gasteiger partial charge in [-0.2, -0.15) is 0 Å². The average Bonchev–Trinajstić information content (AvgIpc) is 2.67. The summed E-state index contributed by atoms with van der Waals surface area (Å²) in [5, 5.41) is 0. The molecule has 0 saturated heterocycles. The molecule has 156 valence electrons. The van der Waals surface area contributed by atoms with Gasteiger partial charge in [-0.05, 0) is 62.9 Å². The quantitative estimate of drug-likeness (QED) is 0.599. The molecule has 0 N–H and O–H groups in total. The van der Waals surface area contributed by atoms with E-state index in [0.29, 0.717) is 13.0 Å². The van der Waals surface area contributed by atoms with Crippen molar-refractivity contribution in [2.24, 2.45) is 0 Å². The molecule has 0 saturated carbocycles. The zero-order valence-electron chi connectivity index (χ0n) is 17.6. The minimum Gasteiger partial charge on any atom is -0.497 e. The topological polar surface area (TPSA) is 48.0 Å². The van der Waals surface area contributed by atoms with E-state index in [4.69, 9.17) is 14.2 Å². The van der Waals surface area contributed by atoms with Gasteiger partial charge in [0.05, 0.1) is 20.3 Å². The Bertz CT molecular complexity index is 856. The molecular weight excluding hydrogens is 434 g/mol. The van der Waals surface area contributed by atoms with Crippen molar-refractivity contribution in [3.05, 3.63) is 57.6 Å². The Balaban J connectivity index is 2.04. The zero-order chi connectivity index (χ0) is 21.2. The molecule has 1 aliphatic rings. The summed E-state index contributed by atoms with van der Waals surface area (Å²) in [7, 11) is 3.30. The SMILES string of the molecule is COc1cc2c(c(OC)c1)C(Cc1ccc(Br)cc1)N(C(=O)OC(C)(C)C)CC2. The van der Waals surface area contributed by atoms with Crippen molar-refractivity contribution in [3.8, 4) is 11.5 Å². The van der Waals surface area contributed by atoms with E-state index in [1.807, 2.05) is 49.9 Å². The third-order valence-electron chi connectivity index (χ3n) is 4.96. The molecule has 1 amide bonds. The Labute approximate surface area is 181 Å². The summed E-state index contributed by atoms with van der Waals surface area (Å²) >= 11 is 3.48. The highest BCUT2D eigenvalue weighted by molar-refractivity contribution is 9.10. The number of fused-ring (bicyclic) bond motifs is 1. The maximum atomic E-state index is 13.0. The predicted octanol–water partition coefficient (Wildman–Crippen LogP) is 5.54. The van der Waals surface area contributed by atoms with Crippen molar-refractivity contribution >= 4 is 22.0 Å². The molecule has 5 nitrogen and oxygen atoms in total. The molecule has 2 aromatic carbocycles. The molecule has 3 rings (SSSR count). The van der Waals surface area contributed by atoms with E-state index >= 15 is 0 Å². The van der Waals surface area contributed by atoms with Crippen LogP contribution in [0, 0.1) is 0 Å². The molecule has 1 aliphatic heterocycles. The Morgan fingerprint density at radius 3 is 2.41 bits per heavy atom.